The molecular formula is C16H21NO3S. The van der Waals surface area contributed by atoms with Crippen molar-refractivity contribution in [2.24, 2.45) is 5.92 Å². The maximum absolute atomic E-state index is 12.0. The van der Waals surface area contributed by atoms with Gasteiger partial charge in [-0.25, -0.2) is 9.78 Å². The van der Waals surface area contributed by atoms with Crippen LogP contribution in [0.1, 0.15) is 48.8 Å². The third-order valence-corrected chi connectivity index (χ3v) is 4.20. The average Bonchev–Trinajstić information content (AvgIpc) is 3.04. The van der Waals surface area contributed by atoms with Gasteiger partial charge >= 0.3 is 5.97 Å². The quantitative estimate of drug-likeness (QED) is 0.745. The zero-order valence-electron chi connectivity index (χ0n) is 12.9. The Hall–Kier alpha value is -1.62. The molecule has 0 aliphatic carbocycles. The molecular weight excluding hydrogens is 286 g/mol. The Kier molecular flexibility index (Phi) is 5.17. The highest BCUT2D eigenvalue weighted by Crippen LogP contribution is 2.30. The first-order valence-corrected chi connectivity index (χ1v) is 8.12. The summed E-state index contributed by atoms with van der Waals surface area (Å²) >= 11 is 1.64. The Morgan fingerprint density at radius 2 is 2.14 bits per heavy atom. The van der Waals surface area contributed by atoms with Crippen molar-refractivity contribution in [3.63, 3.8) is 0 Å². The van der Waals surface area contributed by atoms with Crippen LogP contribution in [0.5, 0.6) is 0 Å². The minimum atomic E-state index is -0.407. The summed E-state index contributed by atoms with van der Waals surface area (Å²) in [5, 5.41) is 0. The van der Waals surface area contributed by atoms with Gasteiger partial charge in [0, 0.05) is 11.3 Å². The van der Waals surface area contributed by atoms with Gasteiger partial charge in [0.15, 0.2) is 5.69 Å². The summed E-state index contributed by atoms with van der Waals surface area (Å²) in [5.41, 5.74) is 0.312. The first-order chi connectivity index (χ1) is 10.0. The van der Waals surface area contributed by atoms with Crippen LogP contribution in [0, 0.1) is 5.92 Å². The molecule has 0 amide bonds. The molecule has 4 nitrogen and oxygen atoms in total. The van der Waals surface area contributed by atoms with Crippen LogP contribution in [0.4, 0.5) is 0 Å². The van der Waals surface area contributed by atoms with E-state index in [0.29, 0.717) is 36.3 Å². The second kappa shape index (κ2) is 6.89. The predicted octanol–water partition coefficient (Wildman–Crippen LogP) is 4.34. The Morgan fingerprint density at radius 1 is 1.38 bits per heavy atom. The molecule has 0 saturated heterocycles. The molecule has 2 aromatic heterocycles. The van der Waals surface area contributed by atoms with Crippen molar-refractivity contribution in [1.82, 2.24) is 4.98 Å². The van der Waals surface area contributed by atoms with Gasteiger partial charge in [-0.15, -0.1) is 11.3 Å². The molecule has 0 aromatic carbocycles. The summed E-state index contributed by atoms with van der Waals surface area (Å²) in [7, 11) is 0. The normalized spacial score (nSPS) is 11.1. The number of thiophene rings is 1. The fraction of sp³-hybridized carbons (Fsp3) is 0.500. The molecule has 0 aliphatic heterocycles. The molecule has 114 valence electrons. The molecule has 0 aliphatic rings. The molecule has 21 heavy (non-hydrogen) atoms. The van der Waals surface area contributed by atoms with Gasteiger partial charge in [-0.2, -0.15) is 0 Å². The van der Waals surface area contributed by atoms with Crippen LogP contribution in [0.15, 0.2) is 16.5 Å². The zero-order valence-corrected chi connectivity index (χ0v) is 13.8. The number of nitrogens with zero attached hydrogens (tertiary/aromatic N) is 1. The van der Waals surface area contributed by atoms with E-state index in [1.54, 1.807) is 18.3 Å². The van der Waals surface area contributed by atoms with E-state index in [1.807, 2.05) is 6.07 Å². The largest absolute Gasteiger partial charge is 0.461 e. The molecule has 0 saturated carbocycles. The van der Waals surface area contributed by atoms with E-state index >= 15 is 0 Å². The Labute approximate surface area is 129 Å². The molecule has 2 heterocycles. The number of oxazole rings is 1. The second-order valence-electron chi connectivity index (χ2n) is 5.23. The minimum Gasteiger partial charge on any atom is -0.461 e. The molecule has 2 rings (SSSR count). The van der Waals surface area contributed by atoms with Crippen molar-refractivity contribution in [2.75, 3.05) is 6.61 Å². The summed E-state index contributed by atoms with van der Waals surface area (Å²) in [4.78, 5) is 18.6. The molecule has 0 bridgehead atoms. The SMILES string of the molecule is CCOC(=O)c1nc(-c2ccc(CC)s2)oc1CC(C)C. The maximum atomic E-state index is 12.0. The lowest BCUT2D eigenvalue weighted by Gasteiger charge is -2.03. The Balaban J connectivity index is 2.36. The lowest BCUT2D eigenvalue weighted by molar-refractivity contribution is 0.0517. The van der Waals surface area contributed by atoms with Crippen LogP contribution in [-0.2, 0) is 17.6 Å². The van der Waals surface area contributed by atoms with Crippen molar-refractivity contribution in [2.45, 2.75) is 40.5 Å². The van der Waals surface area contributed by atoms with E-state index in [1.165, 1.54) is 4.88 Å². The van der Waals surface area contributed by atoms with Crippen LogP contribution in [0.25, 0.3) is 10.8 Å². The summed E-state index contributed by atoms with van der Waals surface area (Å²) in [6, 6.07) is 4.06. The van der Waals surface area contributed by atoms with E-state index in [9.17, 15) is 4.79 Å². The summed E-state index contributed by atoms with van der Waals surface area (Å²) in [6.45, 7) is 8.39. The summed E-state index contributed by atoms with van der Waals surface area (Å²) < 4.78 is 10.9. The highest BCUT2D eigenvalue weighted by molar-refractivity contribution is 7.15. The van der Waals surface area contributed by atoms with Gasteiger partial charge in [0.25, 0.3) is 0 Å². The van der Waals surface area contributed by atoms with Gasteiger partial charge in [0.05, 0.1) is 11.5 Å². The molecule has 0 spiro atoms. The number of hydrogen-bond acceptors (Lipinski definition) is 5. The number of esters is 1. The average molecular weight is 307 g/mol. The van der Waals surface area contributed by atoms with E-state index in [2.05, 4.69) is 31.8 Å². The first-order valence-electron chi connectivity index (χ1n) is 7.31. The fourth-order valence-corrected chi connectivity index (χ4v) is 2.88. The van der Waals surface area contributed by atoms with E-state index in [4.69, 9.17) is 9.15 Å². The maximum Gasteiger partial charge on any atom is 0.360 e. The van der Waals surface area contributed by atoms with E-state index < -0.39 is 5.97 Å². The minimum absolute atomic E-state index is 0.312. The monoisotopic (exact) mass is 307 g/mol. The number of rotatable bonds is 6. The molecule has 0 fully saturated rings. The van der Waals surface area contributed by atoms with Crippen molar-refractivity contribution in [1.29, 1.82) is 0 Å². The van der Waals surface area contributed by atoms with Crippen LogP contribution < -0.4 is 0 Å². The summed E-state index contributed by atoms with van der Waals surface area (Å²) in [5.74, 6) is 1.10. The molecule has 5 heteroatoms. The first kappa shape index (κ1) is 15.8. The molecule has 0 radical (unpaired) electrons. The second-order valence-corrected chi connectivity index (χ2v) is 6.40. The number of hydrogen-bond donors (Lipinski definition) is 0. The smallest absolute Gasteiger partial charge is 0.360 e. The number of carbonyl (C=O) groups excluding carboxylic acids is 1. The number of aromatic nitrogens is 1. The van der Waals surface area contributed by atoms with E-state index in [0.717, 1.165) is 11.3 Å². The van der Waals surface area contributed by atoms with Gasteiger partial charge in [-0.1, -0.05) is 20.8 Å². The third kappa shape index (κ3) is 3.73. The van der Waals surface area contributed by atoms with Gasteiger partial charge in [0.1, 0.15) is 5.76 Å². The van der Waals surface area contributed by atoms with Crippen LogP contribution in [-0.4, -0.2) is 17.6 Å². The molecule has 0 atom stereocenters. The van der Waals surface area contributed by atoms with Gasteiger partial charge < -0.3 is 9.15 Å². The van der Waals surface area contributed by atoms with Crippen molar-refractivity contribution >= 4 is 17.3 Å². The highest BCUT2D eigenvalue weighted by atomic mass is 32.1. The van der Waals surface area contributed by atoms with Crippen molar-refractivity contribution < 1.29 is 13.9 Å². The third-order valence-electron chi connectivity index (χ3n) is 2.98. The topological polar surface area (TPSA) is 52.3 Å². The van der Waals surface area contributed by atoms with Crippen LogP contribution >= 0.6 is 11.3 Å². The molecule has 0 unspecified atom stereocenters. The van der Waals surface area contributed by atoms with Crippen LogP contribution in [0.2, 0.25) is 0 Å². The zero-order chi connectivity index (χ0) is 15.4. The Bertz CT molecular complexity index is 613. The van der Waals surface area contributed by atoms with Crippen molar-refractivity contribution in [3.8, 4) is 10.8 Å². The lowest BCUT2D eigenvalue weighted by Crippen LogP contribution is -2.09. The number of carbonyl (C=O) groups is 1. The van der Waals surface area contributed by atoms with Gasteiger partial charge in [0.2, 0.25) is 5.89 Å². The van der Waals surface area contributed by atoms with Crippen LogP contribution in [0.3, 0.4) is 0 Å². The summed E-state index contributed by atoms with van der Waals surface area (Å²) in [6.07, 6.45) is 1.65. The fourth-order valence-electron chi connectivity index (χ4n) is 2.01. The highest BCUT2D eigenvalue weighted by Gasteiger charge is 2.23. The number of ether oxygens (including phenoxy) is 1. The number of aryl methyl sites for hydroxylation is 1. The van der Waals surface area contributed by atoms with E-state index in [-0.39, 0.29) is 0 Å². The predicted molar refractivity (Wildman–Crippen MR) is 83.7 cm³/mol. The van der Waals surface area contributed by atoms with Gasteiger partial charge in [-0.05, 0) is 31.4 Å². The molecule has 2 aromatic rings. The standard InChI is InChI=1S/C16H21NO3S/c1-5-11-7-8-13(21-11)15-17-14(16(18)19-6-2)12(20-15)9-10(3)4/h7-8,10H,5-6,9H2,1-4H3. The lowest BCUT2D eigenvalue weighted by atomic mass is 10.1. The van der Waals surface area contributed by atoms with Crippen molar-refractivity contribution in [3.05, 3.63) is 28.5 Å². The molecule has 0 N–H and O–H groups in total. The Morgan fingerprint density at radius 3 is 2.71 bits per heavy atom. The van der Waals surface area contributed by atoms with Gasteiger partial charge in [-0.3, -0.25) is 0 Å².